The Bertz CT molecular complexity index is 3680. The summed E-state index contributed by atoms with van der Waals surface area (Å²) >= 11 is 0. The second-order valence-corrected chi connectivity index (χ2v) is 11.4. The van der Waals surface area contributed by atoms with Gasteiger partial charge < -0.3 is 4.90 Å². The van der Waals surface area contributed by atoms with Gasteiger partial charge in [0.1, 0.15) is 0 Å². The van der Waals surface area contributed by atoms with Gasteiger partial charge in [0, 0.05) is 17.1 Å². The van der Waals surface area contributed by atoms with Crippen molar-refractivity contribution < 1.29 is 27.4 Å². The van der Waals surface area contributed by atoms with Crippen molar-refractivity contribution in [1.82, 2.24) is 0 Å². The van der Waals surface area contributed by atoms with Crippen LogP contribution in [0.3, 0.4) is 0 Å². The van der Waals surface area contributed by atoms with Gasteiger partial charge >= 0.3 is 0 Å². The lowest BCUT2D eigenvalue weighted by atomic mass is 9.90. The molecule has 0 aromatic heterocycles. The molecule has 0 unspecified atom stereocenters. The predicted molar refractivity (Wildman–Crippen MR) is 218 cm³/mol. The molecule has 0 aliphatic heterocycles. The second-order valence-electron chi connectivity index (χ2n) is 11.4. The van der Waals surface area contributed by atoms with E-state index < -0.39 is 165 Å². The van der Waals surface area contributed by atoms with Crippen molar-refractivity contribution in [3.05, 3.63) is 212 Å². The molecule has 0 fully saturated rings. The van der Waals surface area contributed by atoms with Gasteiger partial charge in [-0.2, -0.15) is 0 Å². The fourth-order valence-electron chi connectivity index (χ4n) is 5.95. The molecule has 0 radical (unpaired) electrons. The Kier molecular flexibility index (Phi) is 4.15. The van der Waals surface area contributed by atoms with Gasteiger partial charge in [-0.25, -0.2) is 0 Å². The average Bonchev–Trinajstić information content (AvgIpc) is 3.37. The molecule has 0 bridgehead atoms. The predicted octanol–water partition coefficient (Wildman–Crippen LogP) is 14.1. The smallest absolute Gasteiger partial charge is 0.0645 e. The maximum absolute atomic E-state index is 9.52. The van der Waals surface area contributed by atoms with Crippen molar-refractivity contribution >= 4 is 38.6 Å². The summed E-state index contributed by atoms with van der Waals surface area (Å²) in [5.41, 5.74) is -0.541. The molecule has 0 spiro atoms. The molecule has 9 rings (SSSR count). The van der Waals surface area contributed by atoms with Gasteiger partial charge in [-0.3, -0.25) is 0 Å². The summed E-state index contributed by atoms with van der Waals surface area (Å²) in [5, 5.41) is 0.984. The standard InChI is InChI=1S/C50H35N/c1-3-11-36(12-4-1)38-21-28-45(29-22-38)51(46-30-23-39(24-31-46)44-20-19-37-13-7-8-17-43(37)35-44)47-32-25-41(26-33-47)49-34-27-40-14-9-10-18-48(40)50(49)42-15-5-2-6-16-42/h1-35H/i1D,3D,4D,7D,8D,11D,12D,13D,17D,19D,20D,21D,22D,23D,24D,28D,29D,30D,31D,35D. The first kappa shape index (κ1) is 15.9. The van der Waals surface area contributed by atoms with Crippen LogP contribution in [0, 0.1) is 0 Å². The highest BCUT2D eigenvalue weighted by atomic mass is 15.1. The molecule has 0 atom stereocenters. The molecular formula is C50H35N. The molecule has 9 aromatic carbocycles. The number of benzene rings is 9. The molecule has 0 aliphatic rings. The summed E-state index contributed by atoms with van der Waals surface area (Å²) in [7, 11) is 0. The first-order chi connectivity index (χ1) is 33.6. The van der Waals surface area contributed by atoms with Crippen LogP contribution in [0.1, 0.15) is 27.4 Å². The molecule has 1 nitrogen and oxygen atoms in total. The van der Waals surface area contributed by atoms with Crippen LogP contribution in [-0.4, -0.2) is 0 Å². The second kappa shape index (κ2) is 13.3. The lowest BCUT2D eigenvalue weighted by Gasteiger charge is -2.26. The van der Waals surface area contributed by atoms with E-state index in [9.17, 15) is 11.0 Å². The molecule has 0 heterocycles. The fourth-order valence-corrected chi connectivity index (χ4v) is 5.95. The zero-order chi connectivity index (χ0) is 51.4. The van der Waals surface area contributed by atoms with Crippen molar-refractivity contribution in [2.45, 2.75) is 0 Å². The van der Waals surface area contributed by atoms with E-state index >= 15 is 0 Å². The Morgan fingerprint density at radius 3 is 1.65 bits per heavy atom. The highest BCUT2D eigenvalue weighted by Gasteiger charge is 2.16. The third kappa shape index (κ3) is 5.96. The lowest BCUT2D eigenvalue weighted by molar-refractivity contribution is 1.28. The van der Waals surface area contributed by atoms with Gasteiger partial charge in [-0.05, 0) is 108 Å². The maximum atomic E-state index is 9.52. The Balaban J connectivity index is 1.33. The summed E-state index contributed by atoms with van der Waals surface area (Å²) in [4.78, 5) is 0.981. The molecule has 0 aliphatic carbocycles. The van der Waals surface area contributed by atoms with Gasteiger partial charge in [0.15, 0.2) is 0 Å². The van der Waals surface area contributed by atoms with E-state index in [4.69, 9.17) is 16.4 Å². The molecule has 0 saturated heterocycles. The van der Waals surface area contributed by atoms with E-state index in [1.807, 2.05) is 66.7 Å². The summed E-state index contributed by atoms with van der Waals surface area (Å²) in [5.74, 6) is 0. The van der Waals surface area contributed by atoms with E-state index in [0.29, 0.717) is 5.56 Å². The zero-order valence-corrected chi connectivity index (χ0v) is 26.6. The van der Waals surface area contributed by atoms with E-state index in [-0.39, 0.29) is 5.69 Å². The molecule has 240 valence electrons. The minimum atomic E-state index is -0.890. The highest BCUT2D eigenvalue weighted by molar-refractivity contribution is 6.04. The van der Waals surface area contributed by atoms with Crippen molar-refractivity contribution in [3.63, 3.8) is 0 Å². The molecule has 0 saturated carbocycles. The number of hydrogen-bond donors (Lipinski definition) is 0. The number of anilines is 3. The third-order valence-corrected chi connectivity index (χ3v) is 8.35. The maximum Gasteiger partial charge on any atom is 0.0645 e. The Morgan fingerprint density at radius 2 is 0.922 bits per heavy atom. The summed E-state index contributed by atoms with van der Waals surface area (Å²) in [6.45, 7) is 0. The lowest BCUT2D eigenvalue weighted by Crippen LogP contribution is -2.09. The van der Waals surface area contributed by atoms with Crippen molar-refractivity contribution in [2.24, 2.45) is 0 Å². The van der Waals surface area contributed by atoms with Crippen LogP contribution in [-0.2, 0) is 0 Å². The normalized spacial score (nSPS) is 16.6. The van der Waals surface area contributed by atoms with Crippen LogP contribution in [0.25, 0.3) is 66.1 Å². The molecule has 1 heteroatoms. The molecule has 0 amide bonds. The molecule has 9 aromatic rings. The van der Waals surface area contributed by atoms with Crippen LogP contribution in [0.2, 0.25) is 0 Å². The third-order valence-electron chi connectivity index (χ3n) is 8.35. The Hall–Kier alpha value is -6.70. The summed E-state index contributed by atoms with van der Waals surface area (Å²) < 4.78 is 177. The van der Waals surface area contributed by atoms with Gasteiger partial charge in [-0.15, -0.1) is 0 Å². The number of fused-ring (bicyclic) bond motifs is 2. The van der Waals surface area contributed by atoms with Gasteiger partial charge in [0.25, 0.3) is 0 Å². The first-order valence-corrected chi connectivity index (χ1v) is 15.9. The van der Waals surface area contributed by atoms with Gasteiger partial charge in [-0.1, -0.05) is 169 Å². The van der Waals surface area contributed by atoms with Crippen molar-refractivity contribution in [3.8, 4) is 44.5 Å². The number of hydrogen-bond acceptors (Lipinski definition) is 1. The largest absolute Gasteiger partial charge is 0.311 e. The summed E-state index contributed by atoms with van der Waals surface area (Å²) in [6.07, 6.45) is 0. The number of rotatable bonds is 7. The first-order valence-electron chi connectivity index (χ1n) is 25.9. The fraction of sp³-hybridized carbons (Fsp3) is 0. The summed E-state index contributed by atoms with van der Waals surface area (Å²) in [6, 6.07) is 11.7. The molecular weight excluding hydrogens is 615 g/mol. The van der Waals surface area contributed by atoms with E-state index in [1.165, 1.54) is 12.1 Å². The quantitative estimate of drug-likeness (QED) is 0.163. The Morgan fingerprint density at radius 1 is 0.333 bits per heavy atom. The number of nitrogens with zero attached hydrogens (tertiary/aromatic N) is 1. The Labute approximate surface area is 327 Å². The van der Waals surface area contributed by atoms with E-state index in [1.54, 1.807) is 12.1 Å². The van der Waals surface area contributed by atoms with Crippen LogP contribution in [0.15, 0.2) is 212 Å². The van der Waals surface area contributed by atoms with Gasteiger partial charge in [0.05, 0.1) is 27.4 Å². The topological polar surface area (TPSA) is 3.24 Å². The van der Waals surface area contributed by atoms with Crippen LogP contribution >= 0.6 is 0 Å². The zero-order valence-electron chi connectivity index (χ0n) is 46.6. The van der Waals surface area contributed by atoms with Crippen LogP contribution in [0.5, 0.6) is 0 Å². The van der Waals surface area contributed by atoms with Crippen LogP contribution in [0.4, 0.5) is 17.1 Å². The van der Waals surface area contributed by atoms with Crippen molar-refractivity contribution in [2.75, 3.05) is 4.90 Å². The van der Waals surface area contributed by atoms with Crippen LogP contribution < -0.4 is 4.90 Å². The average molecular weight is 670 g/mol. The van der Waals surface area contributed by atoms with E-state index in [0.717, 1.165) is 32.4 Å². The minimum absolute atomic E-state index is 0.00165. The highest BCUT2D eigenvalue weighted by Crippen LogP contribution is 2.41. The SMILES string of the molecule is [2H]c1c([2H])c([2H])c(-c2c([2H])c([2H])c(N(c3ccc(-c4ccc5ccccc5c4-c4ccccc4)cc3)c3c([2H])c([2H])c(-c4c([2H])c([2H])c5c([2H])c([2H])c([2H])c([2H])c5c4[2H])c([2H])c3[2H])c([2H])c2[2H])c([2H])c1[2H]. The minimum Gasteiger partial charge on any atom is -0.311 e. The molecule has 51 heavy (non-hydrogen) atoms. The van der Waals surface area contributed by atoms with E-state index in [2.05, 4.69) is 0 Å². The van der Waals surface area contributed by atoms with Crippen molar-refractivity contribution in [1.29, 1.82) is 0 Å². The van der Waals surface area contributed by atoms with Gasteiger partial charge in [0.2, 0.25) is 0 Å². The monoisotopic (exact) mass is 669 g/mol. The molecule has 0 N–H and O–H groups in total.